The zero-order chi connectivity index (χ0) is 21.5. The van der Waals surface area contributed by atoms with Crippen LogP contribution in [0.4, 0.5) is 5.69 Å². The van der Waals surface area contributed by atoms with Gasteiger partial charge in [0.15, 0.2) is 17.6 Å². The highest BCUT2D eigenvalue weighted by atomic mass is 16.5. The van der Waals surface area contributed by atoms with E-state index in [1.54, 1.807) is 41.3 Å². The monoisotopic (exact) mass is 409 g/mol. The van der Waals surface area contributed by atoms with Gasteiger partial charge < -0.3 is 24.4 Å². The molecule has 0 bridgehead atoms. The second-order valence-corrected chi connectivity index (χ2v) is 6.62. The molecule has 0 aromatic heterocycles. The highest BCUT2D eigenvalue weighted by Crippen LogP contribution is 2.34. The molecule has 30 heavy (non-hydrogen) atoms. The number of likely N-dealkylation sites (N-methyl/N-ethyl adjacent to an activating group) is 1. The van der Waals surface area contributed by atoms with E-state index in [9.17, 15) is 9.59 Å². The van der Waals surface area contributed by atoms with Gasteiger partial charge in [-0.3, -0.25) is 9.59 Å². The van der Waals surface area contributed by atoms with Gasteiger partial charge in [-0.1, -0.05) is 12.1 Å². The fourth-order valence-electron chi connectivity index (χ4n) is 3.16. The van der Waals surface area contributed by atoms with E-state index in [1.807, 2.05) is 12.1 Å². The number of hydrogen-bond donors (Lipinski definition) is 1. The zero-order valence-electron chi connectivity index (χ0n) is 16.9. The molecule has 2 amide bonds. The normalized spacial score (nSPS) is 14.7. The Morgan fingerprint density at radius 2 is 2.07 bits per heavy atom. The summed E-state index contributed by atoms with van der Waals surface area (Å²) >= 11 is 0. The number of para-hydroxylation sites is 2. The first-order chi connectivity index (χ1) is 14.6. The van der Waals surface area contributed by atoms with Gasteiger partial charge >= 0.3 is 0 Å². The number of rotatable bonds is 7. The summed E-state index contributed by atoms with van der Waals surface area (Å²) in [7, 11) is 3.04. The van der Waals surface area contributed by atoms with Crippen LogP contribution < -0.4 is 24.4 Å². The molecule has 1 aliphatic heterocycles. The van der Waals surface area contributed by atoms with Crippen LogP contribution in [0.1, 0.15) is 18.4 Å². The van der Waals surface area contributed by atoms with Crippen LogP contribution in [0.2, 0.25) is 0 Å². The number of methoxy groups -OCH3 is 1. The Morgan fingerprint density at radius 1 is 1.27 bits per heavy atom. The van der Waals surface area contributed by atoms with Crippen LogP contribution in [-0.4, -0.2) is 45.2 Å². The van der Waals surface area contributed by atoms with Crippen molar-refractivity contribution in [1.82, 2.24) is 5.32 Å². The summed E-state index contributed by atoms with van der Waals surface area (Å²) in [5.41, 5.74) is 1.13. The van der Waals surface area contributed by atoms with Crippen molar-refractivity contribution >= 4 is 17.5 Å². The minimum atomic E-state index is -0.756. The largest absolute Gasteiger partial charge is 0.493 e. The lowest BCUT2D eigenvalue weighted by molar-refractivity contribution is -0.128. The fourth-order valence-corrected chi connectivity index (χ4v) is 3.16. The van der Waals surface area contributed by atoms with E-state index < -0.39 is 6.10 Å². The average molecular weight is 409 g/mol. The molecular formula is C22H23N3O5. The number of ether oxygens (including phenoxy) is 3. The lowest BCUT2D eigenvalue weighted by atomic mass is 10.1. The minimum Gasteiger partial charge on any atom is -0.493 e. The van der Waals surface area contributed by atoms with Gasteiger partial charge in [-0.15, -0.1) is 0 Å². The van der Waals surface area contributed by atoms with Gasteiger partial charge in [0, 0.05) is 19.5 Å². The number of fused-ring (bicyclic) bond motifs is 1. The molecule has 1 aliphatic rings. The number of nitriles is 1. The van der Waals surface area contributed by atoms with Crippen LogP contribution >= 0.6 is 0 Å². The smallest absolute Gasteiger partial charge is 0.262 e. The minimum absolute atomic E-state index is 0.116. The molecule has 0 aliphatic carbocycles. The number of benzene rings is 2. The number of amides is 2. The van der Waals surface area contributed by atoms with Crippen molar-refractivity contribution in [3.05, 3.63) is 48.0 Å². The van der Waals surface area contributed by atoms with Crippen molar-refractivity contribution in [2.45, 2.75) is 18.9 Å². The first kappa shape index (κ1) is 21.0. The predicted molar refractivity (Wildman–Crippen MR) is 110 cm³/mol. The number of nitrogens with zero attached hydrogens (tertiary/aromatic N) is 2. The van der Waals surface area contributed by atoms with Crippen LogP contribution in [0.25, 0.3) is 0 Å². The lowest BCUT2D eigenvalue weighted by Crippen LogP contribution is -2.50. The van der Waals surface area contributed by atoms with Crippen molar-refractivity contribution in [3.63, 3.8) is 0 Å². The van der Waals surface area contributed by atoms with E-state index in [1.165, 1.54) is 14.2 Å². The molecule has 0 saturated heterocycles. The van der Waals surface area contributed by atoms with Crippen molar-refractivity contribution in [2.24, 2.45) is 0 Å². The SMILES string of the molecule is CNC(=O)[C@@H]1CN(C(=O)CCCOc2ccc(C#N)cc2OC)c2ccccc2O1. The number of anilines is 1. The Labute approximate surface area is 174 Å². The van der Waals surface area contributed by atoms with Gasteiger partial charge in [-0.25, -0.2) is 0 Å². The zero-order valence-corrected chi connectivity index (χ0v) is 16.9. The van der Waals surface area contributed by atoms with Gasteiger partial charge in [-0.05, 0) is 30.7 Å². The van der Waals surface area contributed by atoms with E-state index in [0.717, 1.165) is 0 Å². The summed E-state index contributed by atoms with van der Waals surface area (Å²) in [4.78, 5) is 26.5. The maximum Gasteiger partial charge on any atom is 0.262 e. The van der Waals surface area contributed by atoms with Crippen LogP contribution in [0.5, 0.6) is 17.2 Å². The molecule has 0 spiro atoms. The van der Waals surface area contributed by atoms with Crippen molar-refractivity contribution in [2.75, 3.05) is 32.2 Å². The number of hydrogen-bond acceptors (Lipinski definition) is 6. The highest BCUT2D eigenvalue weighted by Gasteiger charge is 2.32. The molecule has 1 N–H and O–H groups in total. The van der Waals surface area contributed by atoms with Crippen molar-refractivity contribution in [1.29, 1.82) is 5.26 Å². The number of carbonyl (C=O) groups is 2. The van der Waals surface area contributed by atoms with E-state index in [-0.39, 0.29) is 24.8 Å². The fraction of sp³-hybridized carbons (Fsp3) is 0.318. The Balaban J connectivity index is 1.61. The Morgan fingerprint density at radius 3 is 2.80 bits per heavy atom. The first-order valence-corrected chi connectivity index (χ1v) is 9.56. The van der Waals surface area contributed by atoms with Gasteiger partial charge in [0.2, 0.25) is 5.91 Å². The van der Waals surface area contributed by atoms with E-state index in [4.69, 9.17) is 19.5 Å². The van der Waals surface area contributed by atoms with Crippen LogP contribution in [0.3, 0.4) is 0 Å². The number of nitrogens with one attached hydrogen (secondary N) is 1. The molecule has 8 heteroatoms. The number of carbonyl (C=O) groups excluding carboxylic acids is 2. The third-order valence-corrected chi connectivity index (χ3v) is 4.70. The van der Waals surface area contributed by atoms with Crippen molar-refractivity contribution in [3.8, 4) is 23.3 Å². The van der Waals surface area contributed by atoms with Gasteiger partial charge in [0.25, 0.3) is 5.91 Å². The topological polar surface area (TPSA) is 101 Å². The molecule has 0 unspecified atom stereocenters. The van der Waals surface area contributed by atoms with Crippen LogP contribution in [-0.2, 0) is 9.59 Å². The summed E-state index contributed by atoms with van der Waals surface area (Å²) in [5, 5.41) is 11.5. The van der Waals surface area contributed by atoms with E-state index in [0.29, 0.717) is 41.5 Å². The molecule has 0 saturated carbocycles. The first-order valence-electron chi connectivity index (χ1n) is 9.56. The van der Waals surface area contributed by atoms with Gasteiger partial charge in [0.1, 0.15) is 5.75 Å². The molecule has 2 aromatic carbocycles. The van der Waals surface area contributed by atoms with E-state index >= 15 is 0 Å². The molecule has 8 nitrogen and oxygen atoms in total. The molecule has 0 radical (unpaired) electrons. The van der Waals surface area contributed by atoms with Crippen LogP contribution in [0.15, 0.2) is 42.5 Å². The Kier molecular flexibility index (Phi) is 6.75. The Bertz CT molecular complexity index is 969. The summed E-state index contributed by atoms with van der Waals surface area (Å²) < 4.78 is 16.7. The predicted octanol–water partition coefficient (Wildman–Crippen LogP) is 2.27. The maximum atomic E-state index is 12.9. The standard InChI is InChI=1S/C22H23N3O5/c1-24-22(27)20-14-25(16-6-3-4-7-17(16)30-20)21(26)8-5-11-29-18-10-9-15(13-23)12-19(18)28-2/h3-4,6-7,9-10,12,20H,5,8,11,14H2,1-2H3,(H,24,27)/t20-/m0/s1. The second-order valence-electron chi connectivity index (χ2n) is 6.62. The average Bonchev–Trinajstić information content (AvgIpc) is 2.80. The molecule has 1 heterocycles. The molecule has 156 valence electrons. The third-order valence-electron chi connectivity index (χ3n) is 4.70. The maximum absolute atomic E-state index is 12.9. The third kappa shape index (κ3) is 4.63. The molecule has 0 fully saturated rings. The summed E-state index contributed by atoms with van der Waals surface area (Å²) in [6.45, 7) is 0.457. The Hall–Kier alpha value is -3.73. The molecule has 1 atom stereocenters. The summed E-state index contributed by atoms with van der Waals surface area (Å²) in [6, 6.07) is 14.1. The van der Waals surface area contributed by atoms with E-state index in [2.05, 4.69) is 5.32 Å². The molecule has 3 rings (SSSR count). The summed E-state index contributed by atoms with van der Waals surface area (Å²) in [6.07, 6.45) is -0.0347. The van der Waals surface area contributed by atoms with Gasteiger partial charge in [-0.2, -0.15) is 5.26 Å². The van der Waals surface area contributed by atoms with Gasteiger partial charge in [0.05, 0.1) is 37.6 Å². The molecule has 2 aromatic rings. The quantitative estimate of drug-likeness (QED) is 0.704. The van der Waals surface area contributed by atoms with Crippen molar-refractivity contribution < 1.29 is 23.8 Å². The second kappa shape index (κ2) is 9.65. The highest BCUT2D eigenvalue weighted by molar-refractivity contribution is 5.97. The van der Waals surface area contributed by atoms with Crippen LogP contribution in [0, 0.1) is 11.3 Å². The molecular weight excluding hydrogens is 386 g/mol. The lowest BCUT2D eigenvalue weighted by Gasteiger charge is -2.34. The summed E-state index contributed by atoms with van der Waals surface area (Å²) in [5.74, 6) is 1.09.